The molecule has 0 fully saturated rings. The van der Waals surface area contributed by atoms with Gasteiger partial charge in [-0.05, 0) is 26.8 Å². The lowest BCUT2D eigenvalue weighted by Gasteiger charge is -2.22. The van der Waals surface area contributed by atoms with E-state index in [2.05, 4.69) is 5.32 Å². The Hall–Kier alpha value is -3.04. The molecule has 24 heavy (non-hydrogen) atoms. The predicted octanol–water partition coefficient (Wildman–Crippen LogP) is 1.53. The van der Waals surface area contributed by atoms with Crippen LogP contribution in [0, 0.1) is 10.1 Å². The van der Waals surface area contributed by atoms with E-state index in [-0.39, 0.29) is 17.1 Å². The number of hydrogen-bond donors (Lipinski definition) is 3. The molecule has 0 aliphatic rings. The summed E-state index contributed by atoms with van der Waals surface area (Å²) in [6, 6.07) is 2.25. The molecule has 0 aliphatic heterocycles. The molecule has 1 aromatic rings. The number of nitro groups is 1. The third-order valence-electron chi connectivity index (χ3n) is 2.60. The average molecular weight is 341 g/mol. The summed E-state index contributed by atoms with van der Waals surface area (Å²) < 4.78 is 10.2. The van der Waals surface area contributed by atoms with Gasteiger partial charge in [0.25, 0.3) is 5.69 Å². The lowest BCUT2D eigenvalue weighted by Crippen LogP contribution is -2.46. The summed E-state index contributed by atoms with van der Waals surface area (Å²) in [5.41, 5.74) is 4.33. The number of amides is 1. The Labute approximate surface area is 137 Å². The average Bonchev–Trinajstić information content (AvgIpc) is 2.40. The molecule has 132 valence electrons. The van der Waals surface area contributed by atoms with Crippen LogP contribution in [0.4, 0.5) is 16.2 Å². The quantitative estimate of drug-likeness (QED) is 0.400. The Balaban J connectivity index is 2.70. The van der Waals surface area contributed by atoms with E-state index in [9.17, 15) is 19.7 Å². The van der Waals surface area contributed by atoms with Crippen LogP contribution in [0.5, 0.6) is 5.75 Å². The number of carboxylic acids is 1. The number of aliphatic carboxylic acids is 1. The molecule has 1 amide bonds. The molecule has 0 heterocycles. The number of carboxylic acid groups (broad SMARTS) is 1. The van der Waals surface area contributed by atoms with Crippen LogP contribution in [0.15, 0.2) is 18.2 Å². The molecule has 1 rings (SSSR count). The Morgan fingerprint density at radius 3 is 2.50 bits per heavy atom. The number of nitrogen functional groups attached to an aromatic ring is 1. The molecular formula is C14H19N3O7. The number of rotatable bonds is 6. The standard InChI is InChI=1S/C14H19N3O7/c1-14(2,3)24-13(20)16-10(12(18)19)7-23-8-4-5-11(17(21)22)9(15)6-8/h4-6,10H,7,15H2,1-3H3,(H,16,20)(H,18,19)/t10-/m0/s1. The van der Waals surface area contributed by atoms with Gasteiger partial charge < -0.3 is 25.6 Å². The van der Waals surface area contributed by atoms with Crippen molar-refractivity contribution >= 4 is 23.4 Å². The fourth-order valence-corrected chi connectivity index (χ4v) is 1.59. The van der Waals surface area contributed by atoms with Crippen molar-refractivity contribution in [3.05, 3.63) is 28.3 Å². The molecule has 0 radical (unpaired) electrons. The van der Waals surface area contributed by atoms with Gasteiger partial charge in [-0.2, -0.15) is 0 Å². The van der Waals surface area contributed by atoms with Crippen LogP contribution in [0.1, 0.15) is 20.8 Å². The van der Waals surface area contributed by atoms with Crippen molar-refractivity contribution < 1.29 is 29.1 Å². The molecule has 10 heteroatoms. The molecule has 0 spiro atoms. The lowest BCUT2D eigenvalue weighted by atomic mass is 10.2. The maximum absolute atomic E-state index is 11.6. The first-order chi connectivity index (χ1) is 11.0. The van der Waals surface area contributed by atoms with Crippen LogP contribution in [0.3, 0.4) is 0 Å². The maximum Gasteiger partial charge on any atom is 0.408 e. The van der Waals surface area contributed by atoms with Gasteiger partial charge in [-0.15, -0.1) is 0 Å². The van der Waals surface area contributed by atoms with E-state index < -0.39 is 35.2 Å². The minimum absolute atomic E-state index is 0.121. The van der Waals surface area contributed by atoms with E-state index in [1.807, 2.05) is 0 Å². The topological polar surface area (TPSA) is 154 Å². The number of nitro benzene ring substituents is 1. The summed E-state index contributed by atoms with van der Waals surface area (Å²) in [4.78, 5) is 32.8. The number of hydrogen-bond acceptors (Lipinski definition) is 7. The van der Waals surface area contributed by atoms with E-state index >= 15 is 0 Å². The van der Waals surface area contributed by atoms with Crippen LogP contribution in [-0.2, 0) is 9.53 Å². The number of carbonyl (C=O) groups is 2. The smallest absolute Gasteiger partial charge is 0.408 e. The third kappa shape index (κ3) is 5.99. The third-order valence-corrected chi connectivity index (χ3v) is 2.60. The zero-order chi connectivity index (χ0) is 18.5. The first kappa shape index (κ1) is 19.0. The van der Waals surface area contributed by atoms with Gasteiger partial charge in [-0.1, -0.05) is 0 Å². The van der Waals surface area contributed by atoms with Gasteiger partial charge in [0.2, 0.25) is 0 Å². The zero-order valence-corrected chi connectivity index (χ0v) is 13.4. The van der Waals surface area contributed by atoms with Crippen LogP contribution >= 0.6 is 0 Å². The monoisotopic (exact) mass is 341 g/mol. The number of ether oxygens (including phenoxy) is 2. The normalized spacial score (nSPS) is 12.1. The number of alkyl carbamates (subject to hydrolysis) is 1. The second kappa shape index (κ2) is 7.49. The van der Waals surface area contributed by atoms with Crippen molar-refractivity contribution in [3.8, 4) is 5.75 Å². The van der Waals surface area contributed by atoms with E-state index in [1.165, 1.54) is 12.1 Å². The second-order valence-electron chi connectivity index (χ2n) is 5.83. The fourth-order valence-electron chi connectivity index (χ4n) is 1.59. The Morgan fingerprint density at radius 1 is 1.42 bits per heavy atom. The molecule has 1 aromatic carbocycles. The first-order valence-corrected chi connectivity index (χ1v) is 6.88. The Bertz CT molecular complexity index is 640. The largest absolute Gasteiger partial charge is 0.491 e. The van der Waals surface area contributed by atoms with Crippen molar-refractivity contribution in [1.82, 2.24) is 5.32 Å². The van der Waals surface area contributed by atoms with Crippen molar-refractivity contribution in [2.24, 2.45) is 0 Å². The molecule has 0 bridgehead atoms. The molecule has 1 atom stereocenters. The molecule has 0 saturated carbocycles. The molecule has 0 aliphatic carbocycles. The molecular weight excluding hydrogens is 322 g/mol. The van der Waals surface area contributed by atoms with Crippen LogP contribution < -0.4 is 15.8 Å². The van der Waals surface area contributed by atoms with E-state index in [1.54, 1.807) is 20.8 Å². The first-order valence-electron chi connectivity index (χ1n) is 6.88. The minimum Gasteiger partial charge on any atom is -0.491 e. The summed E-state index contributed by atoms with van der Waals surface area (Å²) in [7, 11) is 0. The van der Waals surface area contributed by atoms with Crippen molar-refractivity contribution in [3.63, 3.8) is 0 Å². The Kier molecular flexibility index (Phi) is 5.93. The molecule has 0 aromatic heterocycles. The molecule has 4 N–H and O–H groups in total. The highest BCUT2D eigenvalue weighted by Gasteiger charge is 2.24. The summed E-state index contributed by atoms with van der Waals surface area (Å²) in [6.07, 6.45) is -0.901. The highest BCUT2D eigenvalue weighted by molar-refractivity contribution is 5.80. The Morgan fingerprint density at radius 2 is 2.04 bits per heavy atom. The second-order valence-corrected chi connectivity index (χ2v) is 5.83. The van der Waals surface area contributed by atoms with Gasteiger partial charge in [0, 0.05) is 12.1 Å². The number of nitrogens with zero attached hydrogens (tertiary/aromatic N) is 1. The lowest BCUT2D eigenvalue weighted by molar-refractivity contribution is -0.383. The van der Waals surface area contributed by atoms with Crippen molar-refractivity contribution in [2.45, 2.75) is 32.4 Å². The van der Waals surface area contributed by atoms with Crippen LogP contribution in [0.25, 0.3) is 0 Å². The van der Waals surface area contributed by atoms with E-state index in [0.717, 1.165) is 6.07 Å². The number of carbonyl (C=O) groups excluding carboxylic acids is 1. The minimum atomic E-state index is -1.36. The van der Waals surface area contributed by atoms with Gasteiger partial charge in [-0.3, -0.25) is 10.1 Å². The maximum atomic E-state index is 11.6. The number of benzene rings is 1. The fraction of sp³-hybridized carbons (Fsp3) is 0.429. The van der Waals surface area contributed by atoms with Gasteiger partial charge in [0.15, 0.2) is 6.04 Å². The summed E-state index contributed by atoms with van der Waals surface area (Å²) in [5, 5.41) is 21.9. The summed E-state index contributed by atoms with van der Waals surface area (Å²) >= 11 is 0. The van der Waals surface area contributed by atoms with Crippen molar-refractivity contribution in [1.29, 1.82) is 0 Å². The highest BCUT2D eigenvalue weighted by Crippen LogP contribution is 2.26. The summed E-state index contributed by atoms with van der Waals surface area (Å²) in [5.74, 6) is -1.19. The number of anilines is 1. The highest BCUT2D eigenvalue weighted by atomic mass is 16.6. The van der Waals surface area contributed by atoms with Gasteiger partial charge in [0.05, 0.1) is 4.92 Å². The van der Waals surface area contributed by atoms with Gasteiger partial charge >= 0.3 is 12.1 Å². The van der Waals surface area contributed by atoms with Crippen molar-refractivity contribution in [2.75, 3.05) is 12.3 Å². The van der Waals surface area contributed by atoms with Crippen LogP contribution in [-0.4, -0.2) is 40.3 Å². The zero-order valence-electron chi connectivity index (χ0n) is 13.4. The molecule has 10 nitrogen and oxygen atoms in total. The van der Waals surface area contributed by atoms with E-state index in [0.29, 0.717) is 0 Å². The number of nitrogens with one attached hydrogen (secondary N) is 1. The number of nitrogens with two attached hydrogens (primary N) is 1. The van der Waals surface area contributed by atoms with Gasteiger partial charge in [0.1, 0.15) is 23.6 Å². The summed E-state index contributed by atoms with van der Waals surface area (Å²) in [6.45, 7) is 4.50. The SMILES string of the molecule is CC(C)(C)OC(=O)N[C@@H](COc1ccc([N+](=O)[O-])c(N)c1)C(=O)O. The molecule has 0 saturated heterocycles. The molecule has 0 unspecified atom stereocenters. The van der Waals surface area contributed by atoms with Gasteiger partial charge in [-0.25, -0.2) is 9.59 Å². The van der Waals surface area contributed by atoms with E-state index in [4.69, 9.17) is 20.3 Å². The van der Waals surface area contributed by atoms with Crippen LogP contribution in [0.2, 0.25) is 0 Å². The predicted molar refractivity (Wildman–Crippen MR) is 83.8 cm³/mol.